The summed E-state index contributed by atoms with van der Waals surface area (Å²) in [6.07, 6.45) is 4.84. The van der Waals surface area contributed by atoms with Gasteiger partial charge in [-0.1, -0.05) is 55.3 Å². The Balaban J connectivity index is 1.72. The fourth-order valence-electron chi connectivity index (χ4n) is 3.01. The maximum Gasteiger partial charge on any atom is 0.227 e. The van der Waals surface area contributed by atoms with E-state index in [1.807, 2.05) is 12.4 Å². The van der Waals surface area contributed by atoms with Crippen molar-refractivity contribution in [2.45, 2.75) is 34.1 Å². The Hall–Kier alpha value is -2.68. The van der Waals surface area contributed by atoms with Crippen molar-refractivity contribution in [3.63, 3.8) is 0 Å². The first-order valence-corrected chi connectivity index (χ1v) is 8.76. The summed E-state index contributed by atoms with van der Waals surface area (Å²) in [6, 6.07) is 15.0. The van der Waals surface area contributed by atoms with Crippen LogP contribution in [-0.4, -0.2) is 9.97 Å². The second-order valence-electron chi connectivity index (χ2n) is 7.09. The molecule has 3 heteroatoms. The van der Waals surface area contributed by atoms with Gasteiger partial charge in [0, 0.05) is 23.6 Å². The lowest BCUT2D eigenvalue weighted by Gasteiger charge is -2.09. The van der Waals surface area contributed by atoms with Crippen LogP contribution in [-0.2, 0) is 6.42 Å². The summed E-state index contributed by atoms with van der Waals surface area (Å²) in [4.78, 5) is 8.92. The second kappa shape index (κ2) is 7.47. The average Bonchev–Trinajstić information content (AvgIpc) is 2.56. The highest BCUT2D eigenvalue weighted by molar-refractivity contribution is 5.64. The minimum atomic E-state index is 0.615. The topological polar surface area (TPSA) is 37.8 Å². The highest BCUT2D eigenvalue weighted by Crippen LogP contribution is 2.22. The van der Waals surface area contributed by atoms with Crippen molar-refractivity contribution in [2.75, 3.05) is 5.32 Å². The van der Waals surface area contributed by atoms with Crippen molar-refractivity contribution in [1.29, 1.82) is 0 Å². The van der Waals surface area contributed by atoms with E-state index in [2.05, 4.69) is 85.4 Å². The van der Waals surface area contributed by atoms with Crippen molar-refractivity contribution in [3.05, 3.63) is 71.5 Å². The Morgan fingerprint density at radius 3 is 2.00 bits per heavy atom. The van der Waals surface area contributed by atoms with Crippen molar-refractivity contribution in [1.82, 2.24) is 9.97 Å². The van der Waals surface area contributed by atoms with E-state index in [0.717, 1.165) is 23.2 Å². The standard InChI is InChI=1S/C22H25N3/c1-15(2)9-18-5-7-21(8-6-18)25-22-23-13-20(14-24-22)19-11-16(3)10-17(4)12-19/h5-8,10-15H,9H2,1-4H3,(H,23,24,25). The van der Waals surface area contributed by atoms with Crippen molar-refractivity contribution < 1.29 is 0 Å². The molecule has 0 atom stereocenters. The van der Waals surface area contributed by atoms with Crippen LogP contribution in [0.4, 0.5) is 11.6 Å². The molecule has 0 aliphatic heterocycles. The average molecular weight is 331 g/mol. The fourth-order valence-corrected chi connectivity index (χ4v) is 3.01. The smallest absolute Gasteiger partial charge is 0.227 e. The van der Waals surface area contributed by atoms with E-state index in [-0.39, 0.29) is 0 Å². The molecule has 0 aliphatic carbocycles. The first-order valence-electron chi connectivity index (χ1n) is 8.76. The van der Waals surface area contributed by atoms with E-state index in [1.54, 1.807) is 0 Å². The van der Waals surface area contributed by atoms with Crippen molar-refractivity contribution in [2.24, 2.45) is 5.92 Å². The molecule has 0 saturated heterocycles. The van der Waals surface area contributed by atoms with Gasteiger partial charge in [0.05, 0.1) is 0 Å². The summed E-state index contributed by atoms with van der Waals surface area (Å²) < 4.78 is 0. The molecule has 1 heterocycles. The van der Waals surface area contributed by atoms with Crippen LogP contribution >= 0.6 is 0 Å². The van der Waals surface area contributed by atoms with Crippen LogP contribution in [0.25, 0.3) is 11.1 Å². The molecule has 3 rings (SSSR count). The Labute approximate surface area is 150 Å². The number of anilines is 2. The molecule has 128 valence electrons. The van der Waals surface area contributed by atoms with Crippen LogP contribution in [0.2, 0.25) is 0 Å². The molecular formula is C22H25N3. The Bertz CT molecular complexity index is 814. The van der Waals surface area contributed by atoms with Crippen LogP contribution < -0.4 is 5.32 Å². The predicted octanol–water partition coefficient (Wildman–Crippen LogP) is 5.70. The normalized spacial score (nSPS) is 10.9. The molecule has 1 N–H and O–H groups in total. The molecule has 0 spiro atoms. The zero-order chi connectivity index (χ0) is 17.8. The van der Waals surface area contributed by atoms with Gasteiger partial charge in [-0.2, -0.15) is 0 Å². The van der Waals surface area contributed by atoms with Gasteiger partial charge in [-0.15, -0.1) is 0 Å². The molecule has 0 bridgehead atoms. The van der Waals surface area contributed by atoms with E-state index in [1.165, 1.54) is 16.7 Å². The summed E-state index contributed by atoms with van der Waals surface area (Å²) in [6.45, 7) is 8.68. The van der Waals surface area contributed by atoms with Gasteiger partial charge in [-0.05, 0) is 49.4 Å². The minimum Gasteiger partial charge on any atom is -0.324 e. The maximum absolute atomic E-state index is 4.46. The van der Waals surface area contributed by atoms with E-state index >= 15 is 0 Å². The number of aryl methyl sites for hydroxylation is 2. The van der Waals surface area contributed by atoms with Gasteiger partial charge in [0.25, 0.3) is 0 Å². The third-order valence-corrected chi connectivity index (χ3v) is 4.06. The van der Waals surface area contributed by atoms with Crippen LogP contribution in [0.3, 0.4) is 0 Å². The third-order valence-electron chi connectivity index (χ3n) is 4.06. The highest BCUT2D eigenvalue weighted by Gasteiger charge is 2.04. The summed E-state index contributed by atoms with van der Waals surface area (Å²) in [5, 5.41) is 3.26. The number of hydrogen-bond donors (Lipinski definition) is 1. The molecule has 0 saturated carbocycles. The molecule has 3 nitrogen and oxygen atoms in total. The largest absolute Gasteiger partial charge is 0.324 e. The Kier molecular flexibility index (Phi) is 5.13. The molecule has 2 aromatic carbocycles. The minimum absolute atomic E-state index is 0.615. The fraction of sp³-hybridized carbons (Fsp3) is 0.273. The lowest BCUT2D eigenvalue weighted by molar-refractivity contribution is 0.647. The van der Waals surface area contributed by atoms with Crippen molar-refractivity contribution in [3.8, 4) is 11.1 Å². The number of rotatable bonds is 5. The lowest BCUT2D eigenvalue weighted by Crippen LogP contribution is -1.98. The van der Waals surface area contributed by atoms with Gasteiger partial charge in [0.2, 0.25) is 5.95 Å². The van der Waals surface area contributed by atoms with Gasteiger partial charge in [0.1, 0.15) is 0 Å². The lowest BCUT2D eigenvalue weighted by atomic mass is 10.0. The van der Waals surface area contributed by atoms with Gasteiger partial charge in [-0.3, -0.25) is 0 Å². The van der Waals surface area contributed by atoms with E-state index in [4.69, 9.17) is 0 Å². The quantitative estimate of drug-likeness (QED) is 0.651. The highest BCUT2D eigenvalue weighted by atomic mass is 15.1. The molecule has 0 aliphatic rings. The first-order chi connectivity index (χ1) is 12.0. The Morgan fingerprint density at radius 1 is 0.840 bits per heavy atom. The number of nitrogens with one attached hydrogen (secondary N) is 1. The zero-order valence-corrected chi connectivity index (χ0v) is 15.4. The summed E-state index contributed by atoms with van der Waals surface area (Å²) in [5.74, 6) is 1.28. The van der Waals surface area contributed by atoms with Crippen LogP contribution in [0.5, 0.6) is 0 Å². The van der Waals surface area contributed by atoms with Crippen LogP contribution in [0.15, 0.2) is 54.9 Å². The van der Waals surface area contributed by atoms with Crippen LogP contribution in [0, 0.1) is 19.8 Å². The number of aromatic nitrogens is 2. The molecule has 0 amide bonds. The molecule has 0 unspecified atom stereocenters. The monoisotopic (exact) mass is 331 g/mol. The second-order valence-corrected chi connectivity index (χ2v) is 7.09. The zero-order valence-electron chi connectivity index (χ0n) is 15.4. The van der Waals surface area contributed by atoms with Gasteiger partial charge >= 0.3 is 0 Å². The molecule has 25 heavy (non-hydrogen) atoms. The summed E-state index contributed by atoms with van der Waals surface area (Å²) in [5.41, 5.74) is 7.04. The third kappa shape index (κ3) is 4.66. The van der Waals surface area contributed by atoms with Gasteiger partial charge in [0.15, 0.2) is 0 Å². The first kappa shape index (κ1) is 17.2. The molecular weight excluding hydrogens is 306 g/mol. The van der Waals surface area contributed by atoms with Crippen LogP contribution in [0.1, 0.15) is 30.5 Å². The molecule has 0 fully saturated rings. The van der Waals surface area contributed by atoms with Crippen molar-refractivity contribution >= 4 is 11.6 Å². The predicted molar refractivity (Wildman–Crippen MR) is 105 cm³/mol. The van der Waals surface area contributed by atoms with E-state index < -0.39 is 0 Å². The van der Waals surface area contributed by atoms with Gasteiger partial charge < -0.3 is 5.32 Å². The molecule has 0 radical (unpaired) electrons. The molecule has 1 aromatic heterocycles. The number of hydrogen-bond acceptors (Lipinski definition) is 3. The molecule has 3 aromatic rings. The van der Waals surface area contributed by atoms with E-state index in [9.17, 15) is 0 Å². The number of nitrogens with zero attached hydrogens (tertiary/aromatic N) is 2. The van der Waals surface area contributed by atoms with Gasteiger partial charge in [-0.25, -0.2) is 9.97 Å². The van der Waals surface area contributed by atoms with E-state index in [0.29, 0.717) is 11.9 Å². The summed E-state index contributed by atoms with van der Waals surface area (Å²) in [7, 11) is 0. The summed E-state index contributed by atoms with van der Waals surface area (Å²) >= 11 is 0. The SMILES string of the molecule is Cc1cc(C)cc(-c2cnc(Nc3ccc(CC(C)C)cc3)nc2)c1. The number of benzene rings is 2. The Morgan fingerprint density at radius 2 is 1.44 bits per heavy atom. The maximum atomic E-state index is 4.46.